The Kier molecular flexibility index (Phi) is 9.68. The maximum atomic E-state index is 13.6. The largest absolute Gasteiger partial charge is 0.466 e. The van der Waals surface area contributed by atoms with Crippen molar-refractivity contribution in [1.29, 1.82) is 0 Å². The number of nitrogens with one attached hydrogen (secondary N) is 2. The van der Waals surface area contributed by atoms with Crippen molar-refractivity contribution in [3.05, 3.63) is 34.9 Å². The topological polar surface area (TPSA) is 114 Å². The van der Waals surface area contributed by atoms with E-state index >= 15 is 0 Å². The molecule has 2 unspecified atom stereocenters. The molecule has 0 bridgehead atoms. The van der Waals surface area contributed by atoms with Crippen LogP contribution in [-0.2, 0) is 23.9 Å². The first-order chi connectivity index (χ1) is 16.3. The highest BCUT2D eigenvalue weighted by Crippen LogP contribution is 2.36. The van der Waals surface area contributed by atoms with E-state index in [0.717, 1.165) is 24.0 Å². The van der Waals surface area contributed by atoms with Crippen molar-refractivity contribution in [1.82, 2.24) is 15.5 Å². The lowest BCUT2D eigenvalue weighted by Crippen LogP contribution is -2.52. The van der Waals surface area contributed by atoms with Gasteiger partial charge >= 0.3 is 12.1 Å². The van der Waals surface area contributed by atoms with Crippen molar-refractivity contribution in [2.24, 2.45) is 0 Å². The van der Waals surface area contributed by atoms with E-state index in [0.29, 0.717) is 5.56 Å². The van der Waals surface area contributed by atoms with E-state index in [1.54, 1.807) is 39.5 Å². The van der Waals surface area contributed by atoms with Gasteiger partial charge < -0.3 is 25.0 Å². The van der Waals surface area contributed by atoms with E-state index in [-0.39, 0.29) is 37.4 Å². The quantitative estimate of drug-likeness (QED) is 0.488. The van der Waals surface area contributed by atoms with Crippen LogP contribution in [0.5, 0.6) is 0 Å². The lowest BCUT2D eigenvalue weighted by molar-refractivity contribution is -0.144. The summed E-state index contributed by atoms with van der Waals surface area (Å²) >= 11 is 0. The van der Waals surface area contributed by atoms with Gasteiger partial charge in [0.25, 0.3) is 0 Å². The number of esters is 1. The highest BCUT2D eigenvalue weighted by Gasteiger charge is 2.43. The van der Waals surface area contributed by atoms with Crippen LogP contribution in [0.15, 0.2) is 18.2 Å². The zero-order valence-corrected chi connectivity index (χ0v) is 21.9. The van der Waals surface area contributed by atoms with Crippen molar-refractivity contribution in [2.75, 3.05) is 13.2 Å². The highest BCUT2D eigenvalue weighted by molar-refractivity contribution is 5.92. The van der Waals surface area contributed by atoms with Gasteiger partial charge in [-0.2, -0.15) is 0 Å². The number of carbonyl (C=O) groups excluding carboxylic acids is 4. The fourth-order valence-corrected chi connectivity index (χ4v) is 3.63. The summed E-state index contributed by atoms with van der Waals surface area (Å²) in [5.41, 5.74) is 2.03. The number of rotatable bonds is 10. The molecule has 1 aliphatic rings. The SMILES string of the molecule is CCOC(=O)CCNC(=O)C(c1ccc(C)c(C)c1)N(C(=O)C(C)NC(=O)OC(C)(C)C)C1CC1. The third-order valence-electron chi connectivity index (χ3n) is 5.61. The number of amides is 3. The molecule has 9 heteroatoms. The minimum absolute atomic E-state index is 0.0349. The molecule has 35 heavy (non-hydrogen) atoms. The van der Waals surface area contributed by atoms with Gasteiger partial charge in [0.05, 0.1) is 13.0 Å². The molecule has 2 atom stereocenters. The van der Waals surface area contributed by atoms with Crippen LogP contribution in [0.1, 0.15) is 76.6 Å². The molecule has 0 radical (unpaired) electrons. The van der Waals surface area contributed by atoms with Gasteiger partial charge in [0, 0.05) is 12.6 Å². The molecule has 0 saturated heterocycles. The van der Waals surface area contributed by atoms with Crippen LogP contribution in [0.4, 0.5) is 4.79 Å². The normalized spacial score (nSPS) is 14.9. The Morgan fingerprint density at radius 2 is 1.77 bits per heavy atom. The van der Waals surface area contributed by atoms with E-state index in [2.05, 4.69) is 10.6 Å². The first-order valence-corrected chi connectivity index (χ1v) is 12.2. The highest BCUT2D eigenvalue weighted by atomic mass is 16.6. The minimum Gasteiger partial charge on any atom is -0.466 e. The maximum Gasteiger partial charge on any atom is 0.408 e. The van der Waals surface area contributed by atoms with Crippen LogP contribution in [-0.4, -0.2) is 59.6 Å². The second kappa shape index (κ2) is 12.0. The lowest BCUT2D eigenvalue weighted by atomic mass is 9.98. The Morgan fingerprint density at radius 3 is 2.31 bits per heavy atom. The summed E-state index contributed by atoms with van der Waals surface area (Å²) in [5, 5.41) is 5.38. The number of hydrogen-bond donors (Lipinski definition) is 2. The first-order valence-electron chi connectivity index (χ1n) is 12.2. The van der Waals surface area contributed by atoms with E-state index in [9.17, 15) is 19.2 Å². The Labute approximate surface area is 207 Å². The Morgan fingerprint density at radius 1 is 1.11 bits per heavy atom. The summed E-state index contributed by atoms with van der Waals surface area (Å²) < 4.78 is 10.2. The van der Waals surface area contributed by atoms with Crippen LogP contribution in [0.25, 0.3) is 0 Å². The first kappa shape index (κ1) is 28.1. The molecule has 1 fully saturated rings. The standard InChI is InChI=1S/C26H39N3O6/c1-8-34-21(30)13-14-27-23(31)22(19-10-9-16(2)17(3)15-19)29(20-11-12-20)24(32)18(4)28-25(33)35-26(5,6)7/h9-10,15,18,20,22H,8,11-14H2,1-7H3,(H,27,31)(H,28,33). The van der Waals surface area contributed by atoms with Gasteiger partial charge in [0.2, 0.25) is 11.8 Å². The molecule has 9 nitrogen and oxygen atoms in total. The molecule has 1 aliphatic carbocycles. The summed E-state index contributed by atoms with van der Waals surface area (Å²) in [6, 6.07) is 3.74. The molecule has 1 saturated carbocycles. The molecule has 0 aromatic heterocycles. The van der Waals surface area contributed by atoms with Gasteiger partial charge in [0.15, 0.2) is 0 Å². The van der Waals surface area contributed by atoms with Gasteiger partial charge in [0.1, 0.15) is 17.7 Å². The number of ether oxygens (including phenoxy) is 2. The molecule has 0 heterocycles. The summed E-state index contributed by atoms with van der Waals surface area (Å²) in [6.45, 7) is 12.8. The molecule has 2 rings (SSSR count). The van der Waals surface area contributed by atoms with Gasteiger partial charge in [-0.25, -0.2) is 4.79 Å². The van der Waals surface area contributed by atoms with Crippen molar-refractivity contribution in [2.45, 2.75) is 91.5 Å². The maximum absolute atomic E-state index is 13.6. The number of aryl methyl sites for hydroxylation is 2. The smallest absolute Gasteiger partial charge is 0.408 e. The van der Waals surface area contributed by atoms with E-state index in [4.69, 9.17) is 9.47 Å². The van der Waals surface area contributed by atoms with Gasteiger partial charge in [-0.3, -0.25) is 14.4 Å². The van der Waals surface area contributed by atoms with Crippen molar-refractivity contribution in [3.8, 4) is 0 Å². The Balaban J connectivity index is 2.29. The summed E-state index contributed by atoms with van der Waals surface area (Å²) in [5.74, 6) is -1.16. The second-order valence-electron chi connectivity index (χ2n) is 9.94. The van der Waals surface area contributed by atoms with Crippen molar-refractivity contribution < 1.29 is 28.7 Å². The molecule has 0 aliphatic heterocycles. The van der Waals surface area contributed by atoms with Crippen LogP contribution >= 0.6 is 0 Å². The zero-order chi connectivity index (χ0) is 26.3. The molecular weight excluding hydrogens is 450 g/mol. The molecule has 0 spiro atoms. The van der Waals surface area contributed by atoms with Crippen LogP contribution in [0.2, 0.25) is 0 Å². The average Bonchev–Trinajstić information content (AvgIpc) is 3.57. The van der Waals surface area contributed by atoms with E-state index < -0.39 is 29.7 Å². The molecular formula is C26H39N3O6. The monoisotopic (exact) mass is 489 g/mol. The van der Waals surface area contributed by atoms with Crippen LogP contribution < -0.4 is 10.6 Å². The zero-order valence-electron chi connectivity index (χ0n) is 21.9. The molecule has 1 aromatic rings. The summed E-state index contributed by atoms with van der Waals surface area (Å²) in [4.78, 5) is 52.5. The Hall–Kier alpha value is -3.10. The van der Waals surface area contributed by atoms with Crippen molar-refractivity contribution >= 4 is 23.9 Å². The van der Waals surface area contributed by atoms with Gasteiger partial charge in [-0.1, -0.05) is 18.2 Å². The number of alkyl carbamates (subject to hydrolysis) is 1. The fraction of sp³-hybridized carbons (Fsp3) is 0.615. The molecule has 2 N–H and O–H groups in total. The van der Waals surface area contributed by atoms with Gasteiger partial charge in [-0.05, 0) is 78.0 Å². The van der Waals surface area contributed by atoms with Crippen LogP contribution in [0.3, 0.4) is 0 Å². The second-order valence-corrected chi connectivity index (χ2v) is 9.94. The van der Waals surface area contributed by atoms with Crippen molar-refractivity contribution in [3.63, 3.8) is 0 Å². The third-order valence-corrected chi connectivity index (χ3v) is 5.61. The summed E-state index contributed by atoms with van der Waals surface area (Å²) in [7, 11) is 0. The molecule has 194 valence electrons. The predicted octanol–water partition coefficient (Wildman–Crippen LogP) is 3.32. The lowest BCUT2D eigenvalue weighted by Gasteiger charge is -2.34. The van der Waals surface area contributed by atoms with E-state index in [1.165, 1.54) is 0 Å². The number of carbonyl (C=O) groups is 4. The fourth-order valence-electron chi connectivity index (χ4n) is 3.63. The third kappa shape index (κ3) is 8.56. The minimum atomic E-state index is -0.903. The Bertz CT molecular complexity index is 936. The predicted molar refractivity (Wildman–Crippen MR) is 132 cm³/mol. The average molecular weight is 490 g/mol. The number of benzene rings is 1. The number of hydrogen-bond acceptors (Lipinski definition) is 6. The molecule has 3 amide bonds. The van der Waals surface area contributed by atoms with Crippen LogP contribution in [0, 0.1) is 13.8 Å². The van der Waals surface area contributed by atoms with E-state index in [1.807, 2.05) is 32.0 Å². The van der Waals surface area contributed by atoms with Gasteiger partial charge in [-0.15, -0.1) is 0 Å². The molecule has 1 aromatic carbocycles. The summed E-state index contributed by atoms with van der Waals surface area (Å²) in [6.07, 6.45) is 0.869. The number of nitrogens with zero attached hydrogens (tertiary/aromatic N) is 1.